The molecule has 0 spiro atoms. The highest BCUT2D eigenvalue weighted by Crippen LogP contribution is 2.18. The number of hydrogen-bond acceptors (Lipinski definition) is 7. The molecule has 0 atom stereocenters. The Kier molecular flexibility index (Phi) is 5.05. The molecule has 1 N–H and O–H groups in total. The molecule has 2 heterocycles. The molecule has 1 aliphatic rings. The second-order valence-corrected chi connectivity index (χ2v) is 6.13. The molecule has 0 bridgehead atoms. The van der Waals surface area contributed by atoms with Crippen LogP contribution in [0, 0.1) is 0 Å². The highest BCUT2D eigenvalue weighted by Gasteiger charge is 2.22. The van der Waals surface area contributed by atoms with Crippen molar-refractivity contribution < 1.29 is 14.3 Å². The summed E-state index contributed by atoms with van der Waals surface area (Å²) in [5, 5.41) is 3.05. The number of anilines is 1. The van der Waals surface area contributed by atoms with Gasteiger partial charge in [-0.2, -0.15) is 8.75 Å². The first-order valence-electron chi connectivity index (χ1n) is 7.69. The number of aromatic nitrogens is 2. The molecule has 1 aromatic carbocycles. The predicted molar refractivity (Wildman–Crippen MR) is 90.4 cm³/mol. The summed E-state index contributed by atoms with van der Waals surface area (Å²) < 4.78 is 12.9. The average Bonchev–Trinajstić information content (AvgIpc) is 3.16. The largest absolute Gasteiger partial charge is 0.465 e. The second-order valence-electron chi connectivity index (χ2n) is 5.57. The molecule has 24 heavy (non-hydrogen) atoms. The van der Waals surface area contributed by atoms with Crippen LogP contribution in [-0.2, 0) is 4.74 Å². The molecule has 0 radical (unpaired) electrons. The molecule has 1 amide bonds. The van der Waals surface area contributed by atoms with Gasteiger partial charge < -0.3 is 15.0 Å². The maximum absolute atomic E-state index is 12.3. The van der Waals surface area contributed by atoms with Crippen molar-refractivity contribution in [2.45, 2.75) is 18.9 Å². The lowest BCUT2D eigenvalue weighted by molar-refractivity contribution is 0.0600. The minimum atomic E-state index is -0.411. The molecule has 7 nitrogen and oxygen atoms in total. The number of piperidine rings is 1. The third-order valence-electron chi connectivity index (χ3n) is 4.07. The van der Waals surface area contributed by atoms with E-state index in [1.54, 1.807) is 30.5 Å². The van der Waals surface area contributed by atoms with Gasteiger partial charge in [0.15, 0.2) is 5.82 Å². The molecular weight excluding hydrogens is 328 g/mol. The van der Waals surface area contributed by atoms with E-state index in [0.717, 1.165) is 31.7 Å². The van der Waals surface area contributed by atoms with E-state index >= 15 is 0 Å². The predicted octanol–water partition coefficient (Wildman–Crippen LogP) is 1.72. The topological polar surface area (TPSA) is 84.4 Å². The molecule has 0 unspecified atom stereocenters. The summed E-state index contributed by atoms with van der Waals surface area (Å²) in [7, 11) is 1.33. The minimum absolute atomic E-state index is 0.125. The monoisotopic (exact) mass is 346 g/mol. The maximum Gasteiger partial charge on any atom is 0.337 e. The van der Waals surface area contributed by atoms with Gasteiger partial charge in [0.2, 0.25) is 0 Å². The van der Waals surface area contributed by atoms with Gasteiger partial charge in [-0.05, 0) is 37.1 Å². The third kappa shape index (κ3) is 3.70. The fourth-order valence-electron chi connectivity index (χ4n) is 2.70. The molecule has 3 rings (SSSR count). The number of esters is 1. The van der Waals surface area contributed by atoms with Crippen molar-refractivity contribution in [3.63, 3.8) is 0 Å². The van der Waals surface area contributed by atoms with Crippen molar-refractivity contribution in [3.8, 4) is 0 Å². The molecule has 0 saturated carbocycles. The third-order valence-corrected chi connectivity index (χ3v) is 4.54. The zero-order valence-corrected chi connectivity index (χ0v) is 14.1. The quantitative estimate of drug-likeness (QED) is 0.849. The Labute approximate surface area is 144 Å². The van der Waals surface area contributed by atoms with Gasteiger partial charge in [0.1, 0.15) is 0 Å². The molecule has 1 saturated heterocycles. The van der Waals surface area contributed by atoms with Crippen molar-refractivity contribution in [1.29, 1.82) is 0 Å². The van der Waals surface area contributed by atoms with E-state index in [9.17, 15) is 9.59 Å². The number of rotatable bonds is 4. The van der Waals surface area contributed by atoms with Crippen molar-refractivity contribution in [2.24, 2.45) is 0 Å². The maximum atomic E-state index is 12.3. The van der Waals surface area contributed by atoms with E-state index in [4.69, 9.17) is 0 Å². The summed E-state index contributed by atoms with van der Waals surface area (Å²) in [5.41, 5.74) is 0.966. The van der Waals surface area contributed by atoms with Crippen molar-refractivity contribution in [3.05, 3.63) is 41.6 Å². The second kappa shape index (κ2) is 7.39. The smallest absolute Gasteiger partial charge is 0.337 e. The Hall–Kier alpha value is -2.48. The van der Waals surface area contributed by atoms with Crippen LogP contribution >= 0.6 is 11.7 Å². The average molecular weight is 346 g/mol. The number of amides is 1. The number of benzene rings is 1. The molecule has 1 aliphatic heterocycles. The lowest BCUT2D eigenvalue weighted by Crippen LogP contribution is -2.44. The van der Waals surface area contributed by atoms with Crippen LogP contribution in [0.15, 0.2) is 30.5 Å². The molecule has 1 aromatic heterocycles. The van der Waals surface area contributed by atoms with E-state index in [-0.39, 0.29) is 11.9 Å². The Bertz CT molecular complexity index is 695. The number of carbonyl (C=O) groups is 2. The van der Waals surface area contributed by atoms with Gasteiger partial charge in [0, 0.05) is 24.7 Å². The number of ether oxygens (including phenoxy) is 1. The summed E-state index contributed by atoms with van der Waals surface area (Å²) in [6.45, 7) is 1.69. The van der Waals surface area contributed by atoms with E-state index in [2.05, 4.69) is 23.7 Å². The van der Waals surface area contributed by atoms with Gasteiger partial charge in [-0.3, -0.25) is 4.79 Å². The summed E-state index contributed by atoms with van der Waals surface area (Å²) >= 11 is 1.20. The van der Waals surface area contributed by atoms with E-state index in [1.807, 2.05) is 0 Å². The zero-order chi connectivity index (χ0) is 16.9. The van der Waals surface area contributed by atoms with Crippen LogP contribution in [-0.4, -0.2) is 46.9 Å². The standard InChI is InChI=1S/C16H18N4O3S/c1-23-16(22)12-4-2-11(3-5-12)15(21)18-13-6-8-20(9-7-13)14-10-17-24-19-14/h2-5,10,13H,6-9H2,1H3,(H,18,21). The summed E-state index contributed by atoms with van der Waals surface area (Å²) in [6, 6.07) is 6.60. The Morgan fingerprint density at radius 2 is 1.88 bits per heavy atom. The molecular formula is C16H18N4O3S. The van der Waals surface area contributed by atoms with Crippen LogP contribution in [0.25, 0.3) is 0 Å². The van der Waals surface area contributed by atoms with E-state index in [1.165, 1.54) is 18.8 Å². The first-order valence-corrected chi connectivity index (χ1v) is 8.42. The molecule has 8 heteroatoms. The van der Waals surface area contributed by atoms with Crippen LogP contribution in [0.1, 0.15) is 33.6 Å². The van der Waals surface area contributed by atoms with Gasteiger partial charge >= 0.3 is 5.97 Å². The first-order chi connectivity index (χ1) is 11.7. The lowest BCUT2D eigenvalue weighted by atomic mass is 10.0. The Morgan fingerprint density at radius 1 is 1.21 bits per heavy atom. The van der Waals surface area contributed by atoms with Gasteiger partial charge in [-0.1, -0.05) is 0 Å². The normalized spacial score (nSPS) is 15.1. The molecule has 2 aromatic rings. The van der Waals surface area contributed by atoms with Crippen molar-refractivity contribution >= 4 is 29.4 Å². The Balaban J connectivity index is 1.53. The van der Waals surface area contributed by atoms with Crippen molar-refractivity contribution in [2.75, 3.05) is 25.1 Å². The summed E-state index contributed by atoms with van der Waals surface area (Å²) in [5.74, 6) is 0.370. The van der Waals surface area contributed by atoms with E-state index < -0.39 is 5.97 Å². The van der Waals surface area contributed by atoms with Crippen LogP contribution in [0.3, 0.4) is 0 Å². The van der Waals surface area contributed by atoms with Gasteiger partial charge in [0.25, 0.3) is 5.91 Å². The number of carbonyl (C=O) groups excluding carboxylic acids is 2. The zero-order valence-electron chi connectivity index (χ0n) is 13.3. The van der Waals surface area contributed by atoms with Crippen LogP contribution < -0.4 is 10.2 Å². The molecule has 126 valence electrons. The van der Waals surface area contributed by atoms with Gasteiger partial charge in [-0.25, -0.2) is 4.79 Å². The minimum Gasteiger partial charge on any atom is -0.465 e. The fraction of sp³-hybridized carbons (Fsp3) is 0.375. The van der Waals surface area contributed by atoms with Gasteiger partial charge in [-0.15, -0.1) is 0 Å². The summed E-state index contributed by atoms with van der Waals surface area (Å²) in [6.07, 6.45) is 3.50. The lowest BCUT2D eigenvalue weighted by Gasteiger charge is -2.32. The van der Waals surface area contributed by atoms with Crippen LogP contribution in [0.5, 0.6) is 0 Å². The fourth-order valence-corrected chi connectivity index (χ4v) is 3.13. The Morgan fingerprint density at radius 3 is 2.46 bits per heavy atom. The first kappa shape index (κ1) is 16.4. The number of hydrogen-bond donors (Lipinski definition) is 1. The number of nitrogens with one attached hydrogen (secondary N) is 1. The van der Waals surface area contributed by atoms with Crippen LogP contribution in [0.4, 0.5) is 5.82 Å². The highest BCUT2D eigenvalue weighted by atomic mass is 32.1. The summed E-state index contributed by atoms with van der Waals surface area (Å²) in [4.78, 5) is 25.9. The molecule has 1 fully saturated rings. The highest BCUT2D eigenvalue weighted by molar-refractivity contribution is 6.99. The number of nitrogens with zero attached hydrogens (tertiary/aromatic N) is 3. The number of methoxy groups -OCH3 is 1. The van der Waals surface area contributed by atoms with Crippen molar-refractivity contribution in [1.82, 2.24) is 14.1 Å². The van der Waals surface area contributed by atoms with Crippen LogP contribution in [0.2, 0.25) is 0 Å². The van der Waals surface area contributed by atoms with E-state index in [0.29, 0.717) is 11.1 Å². The molecule has 0 aliphatic carbocycles. The van der Waals surface area contributed by atoms with Gasteiger partial charge in [0.05, 0.1) is 30.6 Å². The SMILES string of the molecule is COC(=O)c1ccc(C(=O)NC2CCN(c3cnsn3)CC2)cc1.